The number of aliphatic hydroxyl groups excluding tert-OH is 1. The van der Waals surface area contributed by atoms with E-state index in [-0.39, 0.29) is 17.5 Å². The zero-order valence-corrected chi connectivity index (χ0v) is 11.9. The van der Waals surface area contributed by atoms with Crippen LogP contribution in [-0.2, 0) is 16.6 Å². The average molecular weight is 297 g/mol. The zero-order valence-electron chi connectivity index (χ0n) is 11.1. The van der Waals surface area contributed by atoms with Crippen molar-refractivity contribution in [2.45, 2.75) is 31.5 Å². The first kappa shape index (κ1) is 14.6. The maximum absolute atomic E-state index is 12.1. The summed E-state index contributed by atoms with van der Waals surface area (Å²) in [7, 11) is -3.77. The Hall–Kier alpha value is -1.77. The number of nitrogens with one attached hydrogen (secondary N) is 1. The molecule has 0 spiro atoms. The minimum Gasteiger partial charge on any atom is -0.444 e. The fourth-order valence-electron chi connectivity index (χ4n) is 1.58. The van der Waals surface area contributed by atoms with E-state index in [1.54, 1.807) is 13.8 Å². The van der Waals surface area contributed by atoms with Gasteiger partial charge < -0.3 is 9.52 Å². The summed E-state index contributed by atoms with van der Waals surface area (Å²) in [5.74, 6) is 0.898. The highest BCUT2D eigenvalue weighted by atomic mass is 32.2. The number of sulfonamides is 1. The van der Waals surface area contributed by atoms with Crippen molar-refractivity contribution in [3.63, 3.8) is 0 Å². The summed E-state index contributed by atoms with van der Waals surface area (Å²) in [4.78, 5) is 7.79. The highest BCUT2D eigenvalue weighted by Gasteiger charge is 2.22. The molecule has 108 valence electrons. The van der Waals surface area contributed by atoms with E-state index >= 15 is 0 Å². The molecule has 2 rings (SSSR count). The highest BCUT2D eigenvalue weighted by Crippen LogP contribution is 2.15. The molecular weight excluding hydrogens is 282 g/mol. The van der Waals surface area contributed by atoms with Crippen molar-refractivity contribution in [3.8, 4) is 0 Å². The maximum Gasteiger partial charge on any atom is 0.258 e. The molecule has 20 heavy (non-hydrogen) atoms. The van der Waals surface area contributed by atoms with Gasteiger partial charge in [0.05, 0.1) is 18.8 Å². The second kappa shape index (κ2) is 5.70. The number of aliphatic hydroxyl groups is 1. The quantitative estimate of drug-likeness (QED) is 0.849. The van der Waals surface area contributed by atoms with E-state index in [1.165, 1.54) is 24.5 Å². The summed E-state index contributed by atoms with van der Waals surface area (Å²) in [6.07, 6.45) is 2.84. The van der Waals surface area contributed by atoms with Crippen LogP contribution >= 0.6 is 0 Å². The van der Waals surface area contributed by atoms with Gasteiger partial charge in [-0.15, -0.1) is 0 Å². The fourth-order valence-corrected chi connectivity index (χ4v) is 2.70. The van der Waals surface area contributed by atoms with Gasteiger partial charge in [-0.25, -0.2) is 18.4 Å². The Bertz CT molecular complexity index is 679. The van der Waals surface area contributed by atoms with Crippen LogP contribution in [0.2, 0.25) is 0 Å². The first-order chi connectivity index (χ1) is 9.42. The van der Waals surface area contributed by atoms with Crippen LogP contribution in [0.15, 0.2) is 34.0 Å². The number of hydrogen-bond acceptors (Lipinski definition) is 6. The van der Waals surface area contributed by atoms with E-state index in [0.717, 1.165) is 0 Å². The molecule has 0 radical (unpaired) electrons. The van der Waals surface area contributed by atoms with Crippen molar-refractivity contribution < 1.29 is 17.9 Å². The fraction of sp³-hybridized carbons (Fsp3) is 0.333. The molecule has 1 atom stereocenters. The molecule has 0 saturated carbocycles. The van der Waals surface area contributed by atoms with E-state index in [1.807, 2.05) is 0 Å². The molecule has 0 aliphatic rings. The maximum atomic E-state index is 12.1. The first-order valence-electron chi connectivity index (χ1n) is 5.93. The van der Waals surface area contributed by atoms with Gasteiger partial charge in [0.25, 0.3) is 10.0 Å². The summed E-state index contributed by atoms with van der Waals surface area (Å²) in [6.45, 7) is 3.17. The van der Waals surface area contributed by atoms with Gasteiger partial charge in [-0.1, -0.05) is 6.07 Å². The third kappa shape index (κ3) is 3.21. The SMILES string of the molecule is Cc1cnc(C(C)NS(=O)(=O)c2ccc(CO)cn2)o1. The molecule has 7 nitrogen and oxygen atoms in total. The van der Waals surface area contributed by atoms with Crippen molar-refractivity contribution in [1.29, 1.82) is 0 Å². The number of pyridine rings is 1. The molecule has 2 aromatic heterocycles. The van der Waals surface area contributed by atoms with Crippen LogP contribution < -0.4 is 4.72 Å². The molecule has 0 aliphatic heterocycles. The molecule has 0 amide bonds. The third-order valence-corrected chi connectivity index (χ3v) is 4.05. The van der Waals surface area contributed by atoms with Crippen LogP contribution in [0.4, 0.5) is 0 Å². The predicted octanol–water partition coefficient (Wildman–Crippen LogP) is 0.910. The van der Waals surface area contributed by atoms with Gasteiger partial charge >= 0.3 is 0 Å². The predicted molar refractivity (Wildman–Crippen MR) is 70.1 cm³/mol. The smallest absolute Gasteiger partial charge is 0.258 e. The Morgan fingerprint density at radius 2 is 2.10 bits per heavy atom. The van der Waals surface area contributed by atoms with Crippen LogP contribution in [0.5, 0.6) is 0 Å². The third-order valence-electron chi connectivity index (χ3n) is 2.60. The highest BCUT2D eigenvalue weighted by molar-refractivity contribution is 7.89. The van der Waals surface area contributed by atoms with E-state index in [0.29, 0.717) is 11.3 Å². The lowest BCUT2D eigenvalue weighted by atomic mass is 10.3. The number of hydrogen-bond donors (Lipinski definition) is 2. The number of aromatic nitrogens is 2. The number of nitrogens with zero attached hydrogens (tertiary/aromatic N) is 2. The summed E-state index contributed by atoms with van der Waals surface area (Å²) in [6, 6.07) is 2.23. The second-order valence-electron chi connectivity index (χ2n) is 4.31. The van der Waals surface area contributed by atoms with E-state index in [9.17, 15) is 8.42 Å². The molecule has 8 heteroatoms. The van der Waals surface area contributed by atoms with Crippen molar-refractivity contribution >= 4 is 10.0 Å². The Labute approximate surface area is 116 Å². The summed E-state index contributed by atoms with van der Waals surface area (Å²) >= 11 is 0. The Morgan fingerprint density at radius 1 is 1.35 bits per heavy atom. The standard InChI is InChI=1S/C12H15N3O4S/c1-8-5-14-12(19-8)9(2)15-20(17,18)11-4-3-10(7-16)6-13-11/h3-6,9,15-16H,7H2,1-2H3. The van der Waals surface area contributed by atoms with Crippen LogP contribution in [-0.4, -0.2) is 23.5 Å². The Kier molecular flexibility index (Phi) is 4.17. The monoisotopic (exact) mass is 297 g/mol. The molecule has 2 N–H and O–H groups in total. The molecule has 0 aromatic carbocycles. The Morgan fingerprint density at radius 3 is 2.60 bits per heavy atom. The molecule has 2 aromatic rings. The van der Waals surface area contributed by atoms with Crippen LogP contribution in [0.25, 0.3) is 0 Å². The first-order valence-corrected chi connectivity index (χ1v) is 7.41. The molecule has 0 saturated heterocycles. The molecule has 0 fully saturated rings. The summed E-state index contributed by atoms with van der Waals surface area (Å²) < 4.78 is 31.9. The second-order valence-corrected chi connectivity index (χ2v) is 5.98. The average Bonchev–Trinajstić information content (AvgIpc) is 2.85. The summed E-state index contributed by atoms with van der Waals surface area (Å²) in [5.41, 5.74) is 0.542. The van der Waals surface area contributed by atoms with Gasteiger partial charge in [-0.05, 0) is 25.5 Å². The van der Waals surface area contributed by atoms with Gasteiger partial charge in [0, 0.05) is 6.20 Å². The minimum absolute atomic E-state index is 0.121. The van der Waals surface area contributed by atoms with Gasteiger partial charge in [-0.3, -0.25) is 0 Å². The van der Waals surface area contributed by atoms with Crippen molar-refractivity contribution in [2.24, 2.45) is 0 Å². The molecule has 1 unspecified atom stereocenters. The Balaban J connectivity index is 2.17. The zero-order chi connectivity index (χ0) is 14.8. The number of rotatable bonds is 5. The van der Waals surface area contributed by atoms with Crippen LogP contribution in [0.3, 0.4) is 0 Å². The number of oxazole rings is 1. The number of aryl methyl sites for hydroxylation is 1. The van der Waals surface area contributed by atoms with E-state index in [2.05, 4.69) is 14.7 Å². The minimum atomic E-state index is -3.77. The van der Waals surface area contributed by atoms with Gasteiger partial charge in [-0.2, -0.15) is 4.72 Å². The molecule has 0 aliphatic carbocycles. The van der Waals surface area contributed by atoms with E-state index in [4.69, 9.17) is 9.52 Å². The lowest BCUT2D eigenvalue weighted by Crippen LogP contribution is -2.27. The summed E-state index contributed by atoms with van der Waals surface area (Å²) in [5, 5.41) is 8.78. The molecule has 0 bridgehead atoms. The van der Waals surface area contributed by atoms with Crippen molar-refractivity contribution in [3.05, 3.63) is 41.7 Å². The van der Waals surface area contributed by atoms with Crippen molar-refractivity contribution in [2.75, 3.05) is 0 Å². The van der Waals surface area contributed by atoms with Gasteiger partial charge in [0.1, 0.15) is 5.76 Å². The van der Waals surface area contributed by atoms with Gasteiger partial charge in [0.2, 0.25) is 5.89 Å². The molecular formula is C12H15N3O4S. The van der Waals surface area contributed by atoms with Crippen LogP contribution in [0.1, 0.15) is 30.2 Å². The van der Waals surface area contributed by atoms with E-state index < -0.39 is 16.1 Å². The van der Waals surface area contributed by atoms with Crippen molar-refractivity contribution in [1.82, 2.24) is 14.7 Å². The molecule has 2 heterocycles. The lowest BCUT2D eigenvalue weighted by molar-refractivity contribution is 0.281. The van der Waals surface area contributed by atoms with Gasteiger partial charge in [0.15, 0.2) is 5.03 Å². The lowest BCUT2D eigenvalue weighted by Gasteiger charge is -2.10. The topological polar surface area (TPSA) is 105 Å². The largest absolute Gasteiger partial charge is 0.444 e. The normalized spacial score (nSPS) is 13.3. The van der Waals surface area contributed by atoms with Crippen LogP contribution in [0, 0.1) is 6.92 Å².